The molecule has 0 bridgehead atoms. The molecule has 3 unspecified atom stereocenters. The van der Waals surface area contributed by atoms with Crippen LogP contribution in [0.4, 0.5) is 0 Å². The van der Waals surface area contributed by atoms with Crippen LogP contribution in [0.2, 0.25) is 0 Å². The first-order chi connectivity index (χ1) is 6.30. The van der Waals surface area contributed by atoms with Crippen LogP contribution < -0.4 is 0 Å². The van der Waals surface area contributed by atoms with Gasteiger partial charge in [-0.3, -0.25) is 0 Å². The molecule has 1 fully saturated rings. The fourth-order valence-corrected chi connectivity index (χ4v) is 3.97. The van der Waals surface area contributed by atoms with Crippen molar-refractivity contribution >= 4 is 13.3 Å². The van der Waals surface area contributed by atoms with Crippen LogP contribution >= 0.6 is 7.55 Å². The molecule has 14 heavy (non-hydrogen) atoms. The van der Waals surface area contributed by atoms with E-state index in [0.29, 0.717) is 5.41 Å². The largest absolute Gasteiger partial charge is 0.127 e. The van der Waals surface area contributed by atoms with Crippen LogP contribution in [0.25, 0.3) is 0 Å². The summed E-state index contributed by atoms with van der Waals surface area (Å²) in [5.74, 6) is 5.46. The van der Waals surface area contributed by atoms with Gasteiger partial charge >= 0.3 is 0 Å². The van der Waals surface area contributed by atoms with Gasteiger partial charge in [0, 0.05) is 0 Å². The molecule has 3 atom stereocenters. The zero-order valence-electron chi connectivity index (χ0n) is 10.7. The number of rotatable bonds is 1. The first-order valence-corrected chi connectivity index (χ1v) is 8.53. The monoisotopic (exact) mass is 214 g/mol. The molecule has 1 rings (SSSR count). The summed E-state index contributed by atoms with van der Waals surface area (Å²) >= 11 is 0. The molecule has 0 heterocycles. The van der Waals surface area contributed by atoms with E-state index in [-0.39, 0.29) is 7.55 Å². The quantitative estimate of drug-likeness (QED) is 0.579. The molecule has 84 valence electrons. The second-order valence-electron chi connectivity index (χ2n) is 6.42. The average Bonchev–Trinajstić information content (AvgIpc) is 2.30. The average molecular weight is 214 g/mol. The first-order valence-electron chi connectivity index (χ1n) is 5.95. The van der Waals surface area contributed by atoms with Crippen molar-refractivity contribution < 1.29 is 0 Å². The van der Waals surface area contributed by atoms with Gasteiger partial charge < -0.3 is 0 Å². The fraction of sp³-hybridized carbons (Fsp3) is 0.923. The van der Waals surface area contributed by atoms with Gasteiger partial charge in [0.05, 0.1) is 0 Å². The maximum atomic E-state index is 2.67. The Labute approximate surface area is 90.9 Å². The van der Waals surface area contributed by atoms with Gasteiger partial charge in [-0.25, -0.2) is 0 Å². The Balaban J connectivity index is 2.65. The molecule has 0 amide bonds. The standard InChI is InChI=1S/C13H27P/c1-10-7-12(13(2,3)4)8-11(10)9-14(5)6/h9-12,14H,7-8H2,1-6H3. The summed E-state index contributed by atoms with van der Waals surface area (Å²) in [6, 6.07) is 0. The molecule has 0 nitrogen and oxygen atoms in total. The molecule has 0 aromatic carbocycles. The second-order valence-corrected chi connectivity index (χ2v) is 8.91. The molecule has 1 aliphatic rings. The summed E-state index contributed by atoms with van der Waals surface area (Å²) in [6.45, 7) is 14.4. The highest BCUT2D eigenvalue weighted by atomic mass is 31.1. The van der Waals surface area contributed by atoms with Crippen molar-refractivity contribution in [1.29, 1.82) is 0 Å². The van der Waals surface area contributed by atoms with Gasteiger partial charge in [-0.1, -0.05) is 33.5 Å². The lowest BCUT2D eigenvalue weighted by atomic mass is 9.79. The molecular formula is C13H27P. The smallest absolute Gasteiger partial charge is 0.0203 e. The zero-order chi connectivity index (χ0) is 10.9. The van der Waals surface area contributed by atoms with Crippen molar-refractivity contribution in [2.45, 2.75) is 40.5 Å². The second kappa shape index (κ2) is 4.44. The summed E-state index contributed by atoms with van der Waals surface area (Å²) in [7, 11) is -0.143. The minimum absolute atomic E-state index is 0.143. The SMILES string of the molecule is CC1CC(C(C)(C)C)CC1C=[PH](C)C. The molecule has 0 aliphatic heterocycles. The minimum atomic E-state index is -0.143. The third-order valence-electron chi connectivity index (χ3n) is 3.72. The molecule has 0 saturated heterocycles. The van der Waals surface area contributed by atoms with Gasteiger partial charge in [0.25, 0.3) is 0 Å². The van der Waals surface area contributed by atoms with E-state index < -0.39 is 0 Å². The van der Waals surface area contributed by atoms with E-state index in [0.717, 1.165) is 17.8 Å². The van der Waals surface area contributed by atoms with Crippen molar-refractivity contribution in [1.82, 2.24) is 0 Å². The Kier molecular flexibility index (Phi) is 3.92. The molecule has 0 radical (unpaired) electrons. The van der Waals surface area contributed by atoms with Crippen LogP contribution in [-0.4, -0.2) is 19.1 Å². The molecule has 0 spiro atoms. The topological polar surface area (TPSA) is 0 Å². The third-order valence-corrected chi connectivity index (χ3v) is 4.81. The lowest BCUT2D eigenvalue weighted by Gasteiger charge is -2.26. The van der Waals surface area contributed by atoms with Crippen LogP contribution in [0, 0.1) is 23.2 Å². The van der Waals surface area contributed by atoms with Crippen LogP contribution in [0.3, 0.4) is 0 Å². The highest BCUT2D eigenvalue weighted by molar-refractivity contribution is 7.55. The van der Waals surface area contributed by atoms with Crippen molar-refractivity contribution in [2.24, 2.45) is 23.2 Å². The fourth-order valence-electron chi connectivity index (χ4n) is 2.65. The van der Waals surface area contributed by atoms with E-state index in [1.165, 1.54) is 12.8 Å². The maximum Gasteiger partial charge on any atom is -0.0203 e. The van der Waals surface area contributed by atoms with Gasteiger partial charge in [0.15, 0.2) is 0 Å². The van der Waals surface area contributed by atoms with E-state index in [1.54, 1.807) is 0 Å². The zero-order valence-corrected chi connectivity index (χ0v) is 11.7. The van der Waals surface area contributed by atoms with Gasteiger partial charge in [-0.15, -0.1) is 7.55 Å². The highest BCUT2D eigenvalue weighted by Crippen LogP contribution is 2.45. The summed E-state index contributed by atoms with van der Waals surface area (Å²) in [5.41, 5.74) is 0.519. The molecule has 0 aromatic heterocycles. The van der Waals surface area contributed by atoms with Crippen molar-refractivity contribution in [3.63, 3.8) is 0 Å². The van der Waals surface area contributed by atoms with Gasteiger partial charge in [0.2, 0.25) is 0 Å². The Morgan fingerprint density at radius 2 is 1.71 bits per heavy atom. The molecule has 0 N–H and O–H groups in total. The van der Waals surface area contributed by atoms with Crippen molar-refractivity contribution in [3.8, 4) is 0 Å². The number of hydrogen-bond donors (Lipinski definition) is 0. The normalized spacial score (nSPS) is 33.8. The van der Waals surface area contributed by atoms with Crippen LogP contribution in [0.1, 0.15) is 40.5 Å². The van der Waals surface area contributed by atoms with Crippen LogP contribution in [0.5, 0.6) is 0 Å². The van der Waals surface area contributed by atoms with Gasteiger partial charge in [-0.05, 0) is 49.3 Å². The molecular weight excluding hydrogens is 187 g/mol. The lowest BCUT2D eigenvalue weighted by molar-refractivity contribution is 0.239. The first kappa shape index (κ1) is 12.4. The van der Waals surface area contributed by atoms with E-state index in [1.807, 2.05) is 0 Å². The third kappa shape index (κ3) is 3.16. The summed E-state index contributed by atoms with van der Waals surface area (Å²) < 4.78 is 0. The Hall–Kier alpha value is 0.300. The summed E-state index contributed by atoms with van der Waals surface area (Å²) in [6.07, 6.45) is 2.89. The van der Waals surface area contributed by atoms with E-state index in [2.05, 4.69) is 46.8 Å². The molecule has 0 aromatic rings. The van der Waals surface area contributed by atoms with Gasteiger partial charge in [-0.2, -0.15) is 0 Å². The van der Waals surface area contributed by atoms with E-state index >= 15 is 0 Å². The van der Waals surface area contributed by atoms with Crippen LogP contribution in [0.15, 0.2) is 0 Å². The predicted octanol–water partition coefficient (Wildman–Crippen LogP) is 3.97. The van der Waals surface area contributed by atoms with Crippen LogP contribution in [-0.2, 0) is 0 Å². The van der Waals surface area contributed by atoms with Crippen molar-refractivity contribution in [3.05, 3.63) is 0 Å². The highest BCUT2D eigenvalue weighted by Gasteiger charge is 2.36. The Morgan fingerprint density at radius 3 is 2.07 bits per heavy atom. The van der Waals surface area contributed by atoms with Crippen molar-refractivity contribution in [2.75, 3.05) is 13.3 Å². The van der Waals surface area contributed by atoms with Gasteiger partial charge in [0.1, 0.15) is 0 Å². The van der Waals surface area contributed by atoms with E-state index in [9.17, 15) is 0 Å². The predicted molar refractivity (Wildman–Crippen MR) is 71.1 cm³/mol. The lowest BCUT2D eigenvalue weighted by Crippen LogP contribution is -2.17. The molecule has 1 saturated carbocycles. The minimum Gasteiger partial charge on any atom is -0.127 e. The Morgan fingerprint density at radius 1 is 1.14 bits per heavy atom. The molecule has 1 aliphatic carbocycles. The summed E-state index contributed by atoms with van der Waals surface area (Å²) in [5, 5.41) is 0. The van der Waals surface area contributed by atoms with E-state index in [4.69, 9.17) is 0 Å². The molecule has 1 heteroatoms. The summed E-state index contributed by atoms with van der Waals surface area (Å²) in [4.78, 5) is 0. The number of hydrogen-bond acceptors (Lipinski definition) is 0. The Bertz CT molecular complexity index is 218. The maximum absolute atomic E-state index is 2.67.